The second-order valence-corrected chi connectivity index (χ2v) is 4.76. The van der Waals surface area contributed by atoms with Gasteiger partial charge in [-0.2, -0.15) is 4.37 Å². The second kappa shape index (κ2) is 4.55. The van der Waals surface area contributed by atoms with E-state index in [9.17, 15) is 0 Å². The lowest BCUT2D eigenvalue weighted by atomic mass is 10.2. The molecule has 1 aromatic rings. The number of ether oxygens (including phenoxy) is 1. The lowest BCUT2D eigenvalue weighted by Crippen LogP contribution is -2.47. The smallest absolute Gasteiger partial charge is 0.205 e. The summed E-state index contributed by atoms with van der Waals surface area (Å²) >= 11 is 4.88. The van der Waals surface area contributed by atoms with Gasteiger partial charge in [0, 0.05) is 30.0 Å². The molecule has 0 amide bonds. The highest BCUT2D eigenvalue weighted by Gasteiger charge is 2.25. The van der Waals surface area contributed by atoms with Crippen LogP contribution in [0.4, 0.5) is 5.13 Å². The van der Waals surface area contributed by atoms with Crippen LogP contribution in [0.2, 0.25) is 0 Å². The third-order valence-corrected chi connectivity index (χ3v) is 3.57. The SMILES string of the molecule is CC1CN(c2ncns2)CC(CBr)O1. The Bertz CT molecular complexity index is 282. The van der Waals surface area contributed by atoms with E-state index in [0.29, 0.717) is 0 Å². The maximum Gasteiger partial charge on any atom is 0.205 e. The number of halogens is 1. The number of alkyl halides is 1. The number of hydrogen-bond acceptors (Lipinski definition) is 5. The van der Waals surface area contributed by atoms with Crippen molar-refractivity contribution in [3.05, 3.63) is 6.33 Å². The fourth-order valence-corrected chi connectivity index (χ4v) is 2.50. The van der Waals surface area contributed by atoms with Crippen LogP contribution < -0.4 is 4.90 Å². The zero-order chi connectivity index (χ0) is 9.97. The molecular formula is C8H12BrN3OS. The van der Waals surface area contributed by atoms with Crippen LogP contribution >= 0.6 is 27.5 Å². The Hall–Kier alpha value is -0.200. The largest absolute Gasteiger partial charge is 0.371 e. The number of aromatic nitrogens is 2. The second-order valence-electron chi connectivity index (χ2n) is 3.35. The molecule has 4 nitrogen and oxygen atoms in total. The topological polar surface area (TPSA) is 38.2 Å². The fraction of sp³-hybridized carbons (Fsp3) is 0.750. The van der Waals surface area contributed by atoms with E-state index in [-0.39, 0.29) is 12.2 Å². The van der Waals surface area contributed by atoms with Crippen molar-refractivity contribution in [1.29, 1.82) is 0 Å². The molecule has 0 N–H and O–H groups in total. The van der Waals surface area contributed by atoms with Crippen molar-refractivity contribution < 1.29 is 4.74 Å². The molecular weight excluding hydrogens is 266 g/mol. The summed E-state index contributed by atoms with van der Waals surface area (Å²) in [5, 5.41) is 1.86. The molecule has 78 valence electrons. The third kappa shape index (κ3) is 2.24. The van der Waals surface area contributed by atoms with Crippen molar-refractivity contribution in [2.24, 2.45) is 0 Å². The Balaban J connectivity index is 2.05. The zero-order valence-corrected chi connectivity index (χ0v) is 10.3. The van der Waals surface area contributed by atoms with E-state index in [2.05, 4.69) is 37.1 Å². The van der Waals surface area contributed by atoms with Gasteiger partial charge in [0.1, 0.15) is 6.33 Å². The van der Waals surface area contributed by atoms with Gasteiger partial charge < -0.3 is 9.64 Å². The molecule has 0 aromatic carbocycles. The minimum Gasteiger partial charge on any atom is -0.371 e. The van der Waals surface area contributed by atoms with Gasteiger partial charge in [-0.15, -0.1) is 0 Å². The third-order valence-electron chi connectivity index (χ3n) is 2.12. The molecule has 2 atom stereocenters. The van der Waals surface area contributed by atoms with E-state index in [0.717, 1.165) is 23.6 Å². The summed E-state index contributed by atoms with van der Waals surface area (Å²) < 4.78 is 9.74. The van der Waals surface area contributed by atoms with E-state index in [1.54, 1.807) is 6.33 Å². The maximum absolute atomic E-state index is 5.73. The fourth-order valence-electron chi connectivity index (χ4n) is 1.59. The first-order valence-electron chi connectivity index (χ1n) is 4.52. The van der Waals surface area contributed by atoms with Crippen LogP contribution in [0.1, 0.15) is 6.92 Å². The zero-order valence-electron chi connectivity index (χ0n) is 7.89. The van der Waals surface area contributed by atoms with Gasteiger partial charge in [0.25, 0.3) is 0 Å². The van der Waals surface area contributed by atoms with Gasteiger partial charge in [-0.25, -0.2) is 4.98 Å². The number of anilines is 1. The molecule has 1 aliphatic heterocycles. The Kier molecular flexibility index (Phi) is 3.35. The summed E-state index contributed by atoms with van der Waals surface area (Å²) in [6.45, 7) is 3.88. The molecule has 0 radical (unpaired) electrons. The summed E-state index contributed by atoms with van der Waals surface area (Å²) in [5.41, 5.74) is 0. The highest BCUT2D eigenvalue weighted by Crippen LogP contribution is 2.21. The van der Waals surface area contributed by atoms with Crippen LogP contribution in [0.15, 0.2) is 6.33 Å². The normalized spacial score (nSPS) is 28.0. The Morgan fingerprint density at radius 2 is 2.57 bits per heavy atom. The summed E-state index contributed by atoms with van der Waals surface area (Å²) in [7, 11) is 0. The van der Waals surface area contributed by atoms with E-state index >= 15 is 0 Å². The molecule has 1 saturated heterocycles. The van der Waals surface area contributed by atoms with Gasteiger partial charge in [-0.1, -0.05) is 15.9 Å². The van der Waals surface area contributed by atoms with Crippen LogP contribution in [0, 0.1) is 0 Å². The van der Waals surface area contributed by atoms with Crippen LogP contribution in [0.3, 0.4) is 0 Å². The molecule has 0 spiro atoms. The maximum atomic E-state index is 5.73. The number of morpholine rings is 1. The first-order chi connectivity index (χ1) is 6.79. The molecule has 1 aromatic heterocycles. The Labute approximate surface area is 95.6 Å². The summed E-state index contributed by atoms with van der Waals surface area (Å²) in [6.07, 6.45) is 2.11. The molecule has 0 bridgehead atoms. The first kappa shape index (κ1) is 10.3. The van der Waals surface area contributed by atoms with Gasteiger partial charge in [-0.05, 0) is 6.92 Å². The standard InChI is InChI=1S/C8H12BrN3OS/c1-6-3-12(4-7(2-9)13-6)8-10-5-11-14-8/h5-7H,2-4H2,1H3. The lowest BCUT2D eigenvalue weighted by molar-refractivity contribution is -0.00199. The quantitative estimate of drug-likeness (QED) is 0.769. The summed E-state index contributed by atoms with van der Waals surface area (Å²) in [5.74, 6) is 0. The molecule has 2 unspecified atom stereocenters. The van der Waals surface area contributed by atoms with E-state index < -0.39 is 0 Å². The summed E-state index contributed by atoms with van der Waals surface area (Å²) in [6, 6.07) is 0. The van der Waals surface area contributed by atoms with Crippen LogP contribution in [0.5, 0.6) is 0 Å². The van der Waals surface area contributed by atoms with Crippen LogP contribution in [-0.2, 0) is 4.74 Å². The van der Waals surface area contributed by atoms with Gasteiger partial charge in [0.15, 0.2) is 0 Å². The Morgan fingerprint density at radius 1 is 1.71 bits per heavy atom. The summed E-state index contributed by atoms with van der Waals surface area (Å²) in [4.78, 5) is 6.44. The van der Waals surface area contributed by atoms with Gasteiger partial charge in [0.2, 0.25) is 5.13 Å². The number of nitrogens with zero attached hydrogens (tertiary/aromatic N) is 3. The van der Waals surface area contributed by atoms with Gasteiger partial charge >= 0.3 is 0 Å². The van der Waals surface area contributed by atoms with E-state index in [4.69, 9.17) is 4.74 Å². The van der Waals surface area contributed by atoms with Gasteiger partial charge in [0.05, 0.1) is 12.2 Å². The molecule has 2 heterocycles. The first-order valence-corrected chi connectivity index (χ1v) is 6.42. The van der Waals surface area contributed by atoms with Crippen molar-refractivity contribution in [1.82, 2.24) is 9.36 Å². The molecule has 2 rings (SSSR count). The predicted molar refractivity (Wildman–Crippen MR) is 60.3 cm³/mol. The van der Waals surface area contributed by atoms with Gasteiger partial charge in [-0.3, -0.25) is 0 Å². The lowest BCUT2D eigenvalue weighted by Gasteiger charge is -2.35. The van der Waals surface area contributed by atoms with Crippen molar-refractivity contribution >= 4 is 32.6 Å². The van der Waals surface area contributed by atoms with Crippen molar-refractivity contribution in [2.45, 2.75) is 19.1 Å². The van der Waals surface area contributed by atoms with Crippen LogP contribution in [-0.4, -0.2) is 40.0 Å². The average molecular weight is 278 g/mol. The van der Waals surface area contributed by atoms with Crippen molar-refractivity contribution in [3.8, 4) is 0 Å². The predicted octanol–water partition coefficient (Wildman–Crippen LogP) is 1.53. The molecule has 0 aliphatic carbocycles. The van der Waals surface area contributed by atoms with E-state index in [1.165, 1.54) is 11.5 Å². The average Bonchev–Trinajstić information content (AvgIpc) is 2.69. The van der Waals surface area contributed by atoms with Crippen LogP contribution in [0.25, 0.3) is 0 Å². The number of rotatable bonds is 2. The minimum absolute atomic E-state index is 0.252. The highest BCUT2D eigenvalue weighted by molar-refractivity contribution is 9.09. The van der Waals surface area contributed by atoms with E-state index in [1.807, 2.05) is 0 Å². The molecule has 1 aliphatic rings. The number of hydrogen-bond donors (Lipinski definition) is 0. The monoisotopic (exact) mass is 277 g/mol. The highest BCUT2D eigenvalue weighted by atomic mass is 79.9. The van der Waals surface area contributed by atoms with Crippen molar-refractivity contribution in [2.75, 3.05) is 23.3 Å². The molecule has 0 saturated carbocycles. The molecule has 14 heavy (non-hydrogen) atoms. The minimum atomic E-state index is 0.252. The van der Waals surface area contributed by atoms with Crippen molar-refractivity contribution in [3.63, 3.8) is 0 Å². The Morgan fingerprint density at radius 3 is 3.21 bits per heavy atom. The molecule has 1 fully saturated rings. The molecule has 6 heteroatoms.